The number of hydrogen-bond acceptors (Lipinski definition) is 3. The molecule has 0 aromatic rings. The van der Waals surface area contributed by atoms with Crippen molar-refractivity contribution in [2.24, 2.45) is 11.1 Å². The summed E-state index contributed by atoms with van der Waals surface area (Å²) in [6.45, 7) is -0.0755. The molecule has 17 heavy (non-hydrogen) atoms. The summed E-state index contributed by atoms with van der Waals surface area (Å²) in [5.74, 6) is -0.941. The highest BCUT2D eigenvalue weighted by Crippen LogP contribution is 2.34. The SMILES string of the molecule is N#CCNC(=O)C1(C(N)=O)CCCCCCC1. The van der Waals surface area contributed by atoms with Gasteiger partial charge < -0.3 is 11.1 Å². The predicted molar refractivity (Wildman–Crippen MR) is 62.6 cm³/mol. The molecule has 1 saturated carbocycles. The van der Waals surface area contributed by atoms with Crippen molar-refractivity contribution in [3.8, 4) is 6.07 Å². The Labute approximate surface area is 101 Å². The normalized spacial score (nSPS) is 19.5. The van der Waals surface area contributed by atoms with Gasteiger partial charge in [-0.05, 0) is 12.8 Å². The number of carbonyl (C=O) groups is 2. The van der Waals surface area contributed by atoms with Crippen LogP contribution in [0, 0.1) is 16.7 Å². The minimum absolute atomic E-state index is 0.0755. The Morgan fingerprint density at radius 3 is 2.18 bits per heavy atom. The smallest absolute Gasteiger partial charge is 0.236 e. The second kappa shape index (κ2) is 6.24. The van der Waals surface area contributed by atoms with Gasteiger partial charge >= 0.3 is 0 Å². The molecular weight excluding hydrogens is 218 g/mol. The van der Waals surface area contributed by atoms with Gasteiger partial charge in [0.2, 0.25) is 11.8 Å². The van der Waals surface area contributed by atoms with Gasteiger partial charge in [-0.1, -0.05) is 32.1 Å². The fourth-order valence-electron chi connectivity index (χ4n) is 2.38. The molecule has 0 saturated heterocycles. The van der Waals surface area contributed by atoms with Crippen LogP contribution in [0.25, 0.3) is 0 Å². The molecule has 5 heteroatoms. The third kappa shape index (κ3) is 3.19. The van der Waals surface area contributed by atoms with E-state index < -0.39 is 11.3 Å². The van der Waals surface area contributed by atoms with Crippen LogP contribution in [0.3, 0.4) is 0 Å². The largest absolute Gasteiger partial charge is 0.369 e. The van der Waals surface area contributed by atoms with Gasteiger partial charge in [0.25, 0.3) is 0 Å². The lowest BCUT2D eigenvalue weighted by atomic mass is 9.74. The summed E-state index contributed by atoms with van der Waals surface area (Å²) in [5, 5.41) is 10.9. The fraction of sp³-hybridized carbons (Fsp3) is 0.750. The molecule has 0 heterocycles. The maximum Gasteiger partial charge on any atom is 0.236 e. The van der Waals surface area contributed by atoms with E-state index >= 15 is 0 Å². The van der Waals surface area contributed by atoms with Crippen molar-refractivity contribution >= 4 is 11.8 Å². The highest BCUT2D eigenvalue weighted by molar-refractivity contribution is 6.04. The van der Waals surface area contributed by atoms with Crippen molar-refractivity contribution in [3.05, 3.63) is 0 Å². The first-order valence-corrected chi connectivity index (χ1v) is 6.08. The molecule has 1 fully saturated rings. The summed E-state index contributed by atoms with van der Waals surface area (Å²) < 4.78 is 0. The third-order valence-electron chi connectivity index (χ3n) is 3.44. The molecule has 2 amide bonds. The molecular formula is C12H19N3O2. The van der Waals surface area contributed by atoms with E-state index in [0.717, 1.165) is 32.1 Å². The Balaban J connectivity index is 2.82. The fourth-order valence-corrected chi connectivity index (χ4v) is 2.38. The van der Waals surface area contributed by atoms with Crippen LogP contribution >= 0.6 is 0 Å². The summed E-state index contributed by atoms with van der Waals surface area (Å²) in [5.41, 5.74) is 4.31. The Kier molecular flexibility index (Phi) is 4.95. The van der Waals surface area contributed by atoms with Crippen molar-refractivity contribution in [2.45, 2.75) is 44.9 Å². The first-order valence-electron chi connectivity index (χ1n) is 6.08. The molecule has 0 bridgehead atoms. The van der Waals surface area contributed by atoms with E-state index in [9.17, 15) is 9.59 Å². The summed E-state index contributed by atoms with van der Waals surface area (Å²) in [7, 11) is 0. The van der Waals surface area contributed by atoms with Crippen molar-refractivity contribution in [2.75, 3.05) is 6.54 Å². The summed E-state index contributed by atoms with van der Waals surface area (Å²) in [4.78, 5) is 23.6. The average molecular weight is 237 g/mol. The number of nitrogens with two attached hydrogens (primary N) is 1. The quantitative estimate of drug-likeness (QED) is 0.562. The third-order valence-corrected chi connectivity index (χ3v) is 3.44. The molecule has 0 aromatic carbocycles. The molecule has 1 aliphatic rings. The lowest BCUT2D eigenvalue weighted by Gasteiger charge is -2.30. The number of nitriles is 1. The number of carbonyl (C=O) groups excluding carboxylic acids is 2. The van der Waals surface area contributed by atoms with Crippen molar-refractivity contribution in [1.82, 2.24) is 5.32 Å². The molecule has 0 radical (unpaired) electrons. The lowest BCUT2D eigenvalue weighted by molar-refractivity contribution is -0.143. The first kappa shape index (κ1) is 13.5. The highest BCUT2D eigenvalue weighted by Gasteiger charge is 2.43. The van der Waals surface area contributed by atoms with Crippen molar-refractivity contribution < 1.29 is 9.59 Å². The number of primary amides is 1. The molecule has 0 spiro atoms. The van der Waals surface area contributed by atoms with E-state index in [1.807, 2.05) is 6.07 Å². The van der Waals surface area contributed by atoms with Crippen molar-refractivity contribution in [3.63, 3.8) is 0 Å². The summed E-state index contributed by atoms with van der Waals surface area (Å²) >= 11 is 0. The second-order valence-electron chi connectivity index (χ2n) is 4.55. The van der Waals surface area contributed by atoms with Gasteiger partial charge in [0.05, 0.1) is 6.07 Å². The zero-order chi connectivity index (χ0) is 12.7. The van der Waals surface area contributed by atoms with E-state index in [1.165, 1.54) is 0 Å². The Morgan fingerprint density at radius 1 is 1.18 bits per heavy atom. The zero-order valence-corrected chi connectivity index (χ0v) is 10.00. The van der Waals surface area contributed by atoms with Gasteiger partial charge in [0.1, 0.15) is 12.0 Å². The van der Waals surface area contributed by atoms with Gasteiger partial charge in [-0.15, -0.1) is 0 Å². The summed E-state index contributed by atoms with van der Waals surface area (Å²) in [6, 6.07) is 1.84. The van der Waals surface area contributed by atoms with Crippen LogP contribution in [-0.4, -0.2) is 18.4 Å². The molecule has 0 aliphatic heterocycles. The van der Waals surface area contributed by atoms with Gasteiger partial charge in [-0.2, -0.15) is 5.26 Å². The topological polar surface area (TPSA) is 96.0 Å². The Bertz CT molecular complexity index is 325. The first-order chi connectivity index (χ1) is 8.13. The van der Waals surface area contributed by atoms with Gasteiger partial charge in [0, 0.05) is 0 Å². The minimum atomic E-state index is -1.10. The number of nitrogens with zero attached hydrogens (tertiary/aromatic N) is 1. The van der Waals surface area contributed by atoms with E-state index in [-0.39, 0.29) is 12.5 Å². The Morgan fingerprint density at radius 2 is 1.71 bits per heavy atom. The van der Waals surface area contributed by atoms with Crippen LogP contribution < -0.4 is 11.1 Å². The number of nitrogens with one attached hydrogen (secondary N) is 1. The number of hydrogen-bond donors (Lipinski definition) is 2. The molecule has 1 aliphatic carbocycles. The number of amides is 2. The standard InChI is InChI=1S/C12H19N3O2/c13-8-9-15-11(17)12(10(14)16)6-4-2-1-3-5-7-12/h1-7,9H2,(H2,14,16)(H,15,17). The molecule has 0 unspecified atom stereocenters. The number of rotatable bonds is 3. The minimum Gasteiger partial charge on any atom is -0.369 e. The van der Waals surface area contributed by atoms with Crippen LogP contribution in [0.4, 0.5) is 0 Å². The molecule has 5 nitrogen and oxygen atoms in total. The summed E-state index contributed by atoms with van der Waals surface area (Å²) in [6.07, 6.45) is 5.88. The maximum atomic E-state index is 12.0. The monoisotopic (exact) mass is 237 g/mol. The van der Waals surface area contributed by atoms with Gasteiger partial charge in [0.15, 0.2) is 0 Å². The zero-order valence-electron chi connectivity index (χ0n) is 10.00. The van der Waals surface area contributed by atoms with E-state index in [1.54, 1.807) is 0 Å². The molecule has 3 N–H and O–H groups in total. The molecule has 0 aromatic heterocycles. The highest BCUT2D eigenvalue weighted by atomic mass is 16.2. The van der Waals surface area contributed by atoms with E-state index in [2.05, 4.69) is 5.32 Å². The molecule has 94 valence electrons. The van der Waals surface area contributed by atoms with Crippen LogP contribution in [0.1, 0.15) is 44.9 Å². The average Bonchev–Trinajstić information content (AvgIpc) is 2.25. The predicted octanol–water partition coefficient (Wildman–Crippen LogP) is 0.842. The Hall–Kier alpha value is -1.57. The van der Waals surface area contributed by atoms with Crippen molar-refractivity contribution in [1.29, 1.82) is 5.26 Å². The van der Waals surface area contributed by atoms with Crippen LogP contribution in [0.5, 0.6) is 0 Å². The van der Waals surface area contributed by atoms with Gasteiger partial charge in [-0.25, -0.2) is 0 Å². The second-order valence-corrected chi connectivity index (χ2v) is 4.55. The van der Waals surface area contributed by atoms with Gasteiger partial charge in [-0.3, -0.25) is 9.59 Å². The van der Waals surface area contributed by atoms with Crippen LogP contribution in [0.15, 0.2) is 0 Å². The lowest BCUT2D eigenvalue weighted by Crippen LogP contribution is -2.50. The van der Waals surface area contributed by atoms with Crippen LogP contribution in [0.2, 0.25) is 0 Å². The molecule has 0 atom stereocenters. The molecule has 1 rings (SSSR count). The van der Waals surface area contributed by atoms with E-state index in [0.29, 0.717) is 12.8 Å². The maximum absolute atomic E-state index is 12.0. The van der Waals surface area contributed by atoms with Crippen LogP contribution in [-0.2, 0) is 9.59 Å². The van der Waals surface area contributed by atoms with E-state index in [4.69, 9.17) is 11.0 Å².